The number of hydrogen-bond acceptors (Lipinski definition) is 6. The summed E-state index contributed by atoms with van der Waals surface area (Å²) < 4.78 is 15.9. The molecule has 0 aliphatic carbocycles. The largest absolute Gasteiger partial charge is 0.467 e. The van der Waals surface area contributed by atoms with Crippen LogP contribution >= 0.6 is 0 Å². The van der Waals surface area contributed by atoms with Gasteiger partial charge in [0.2, 0.25) is 0 Å². The first-order valence-electron chi connectivity index (χ1n) is 8.02. The maximum atomic E-state index is 13.0. The zero-order chi connectivity index (χ0) is 18.6. The van der Waals surface area contributed by atoms with Crippen LogP contribution in [0.2, 0.25) is 0 Å². The highest BCUT2D eigenvalue weighted by molar-refractivity contribution is 5.90. The number of methoxy groups -OCH3 is 1. The molecule has 1 aromatic rings. The second-order valence-electron chi connectivity index (χ2n) is 6.33. The van der Waals surface area contributed by atoms with Gasteiger partial charge in [0.1, 0.15) is 6.29 Å². The van der Waals surface area contributed by atoms with Crippen LogP contribution in [0.3, 0.4) is 0 Å². The van der Waals surface area contributed by atoms with E-state index in [0.717, 1.165) is 5.56 Å². The van der Waals surface area contributed by atoms with E-state index in [9.17, 15) is 14.4 Å². The Morgan fingerprint density at radius 3 is 2.40 bits per heavy atom. The Morgan fingerprint density at radius 2 is 1.84 bits per heavy atom. The van der Waals surface area contributed by atoms with Gasteiger partial charge < -0.3 is 23.9 Å². The van der Waals surface area contributed by atoms with Crippen LogP contribution < -0.4 is 0 Å². The van der Waals surface area contributed by atoms with Gasteiger partial charge in [0.05, 0.1) is 13.2 Å². The Labute approximate surface area is 146 Å². The first-order valence-corrected chi connectivity index (χ1v) is 8.02. The molecule has 2 rings (SSSR count). The van der Waals surface area contributed by atoms with E-state index >= 15 is 0 Å². The molecule has 1 amide bonds. The SMILES string of the molecule is COC(=O)[C@@H]1OC(C)(C)O[C@@H]1C(=O)N(Cc1ccccc1)[C@@H](C)C=O. The van der Waals surface area contributed by atoms with E-state index in [1.54, 1.807) is 20.8 Å². The highest BCUT2D eigenvalue weighted by Crippen LogP contribution is 2.30. The van der Waals surface area contributed by atoms with Crippen LogP contribution in [-0.4, -0.2) is 54.2 Å². The van der Waals surface area contributed by atoms with E-state index in [-0.39, 0.29) is 6.54 Å². The fraction of sp³-hybridized carbons (Fsp3) is 0.500. The van der Waals surface area contributed by atoms with Crippen molar-refractivity contribution >= 4 is 18.2 Å². The molecule has 25 heavy (non-hydrogen) atoms. The van der Waals surface area contributed by atoms with E-state index < -0.39 is 35.9 Å². The molecule has 1 fully saturated rings. The monoisotopic (exact) mass is 349 g/mol. The van der Waals surface area contributed by atoms with E-state index in [2.05, 4.69) is 0 Å². The van der Waals surface area contributed by atoms with Crippen molar-refractivity contribution in [3.63, 3.8) is 0 Å². The number of benzene rings is 1. The second kappa shape index (κ2) is 7.76. The lowest BCUT2D eigenvalue weighted by molar-refractivity contribution is -0.169. The standard InChI is InChI=1S/C18H23NO6/c1-12(11-20)19(10-13-8-6-5-7-9-13)16(21)14-15(17(22)23-4)25-18(2,3)24-14/h5-9,11-12,14-15H,10H2,1-4H3/t12-,14-,15+/m0/s1. The van der Waals surface area contributed by atoms with Crippen LogP contribution in [0.1, 0.15) is 26.3 Å². The van der Waals surface area contributed by atoms with Crippen molar-refractivity contribution in [1.82, 2.24) is 4.90 Å². The Balaban J connectivity index is 2.28. The molecule has 136 valence electrons. The van der Waals surface area contributed by atoms with E-state index in [4.69, 9.17) is 14.2 Å². The molecule has 0 aromatic heterocycles. The first-order chi connectivity index (χ1) is 11.8. The molecule has 0 unspecified atom stereocenters. The lowest BCUT2D eigenvalue weighted by atomic mass is 10.1. The fourth-order valence-electron chi connectivity index (χ4n) is 2.67. The minimum atomic E-state index is -1.18. The molecule has 0 saturated carbocycles. The van der Waals surface area contributed by atoms with Crippen LogP contribution in [0.15, 0.2) is 30.3 Å². The third kappa shape index (κ3) is 4.43. The maximum Gasteiger partial charge on any atom is 0.338 e. The normalized spacial score (nSPS) is 22.9. The Kier molecular flexibility index (Phi) is 5.92. The smallest absolute Gasteiger partial charge is 0.338 e. The summed E-state index contributed by atoms with van der Waals surface area (Å²) in [5.74, 6) is -2.30. The molecule has 3 atom stereocenters. The number of amides is 1. The Bertz CT molecular complexity index is 630. The number of carbonyl (C=O) groups is 3. The van der Waals surface area contributed by atoms with E-state index in [1.165, 1.54) is 12.0 Å². The Hall–Kier alpha value is -2.25. The minimum Gasteiger partial charge on any atom is -0.467 e. The average Bonchev–Trinajstić information content (AvgIpc) is 2.94. The van der Waals surface area contributed by atoms with Gasteiger partial charge in [-0.15, -0.1) is 0 Å². The molecule has 1 aliphatic rings. The van der Waals surface area contributed by atoms with E-state index in [0.29, 0.717) is 6.29 Å². The zero-order valence-corrected chi connectivity index (χ0v) is 14.8. The highest BCUT2D eigenvalue weighted by Gasteiger charge is 2.51. The van der Waals surface area contributed by atoms with Crippen molar-refractivity contribution in [2.24, 2.45) is 0 Å². The highest BCUT2D eigenvalue weighted by atomic mass is 16.8. The lowest BCUT2D eigenvalue weighted by Gasteiger charge is -2.29. The summed E-state index contributed by atoms with van der Waals surface area (Å²) in [7, 11) is 1.22. The van der Waals surface area contributed by atoms with E-state index in [1.807, 2.05) is 30.3 Å². The van der Waals surface area contributed by atoms with Crippen molar-refractivity contribution < 1.29 is 28.6 Å². The average molecular weight is 349 g/mol. The number of esters is 1. The van der Waals surface area contributed by atoms with Gasteiger partial charge in [-0.3, -0.25) is 4.79 Å². The molecule has 7 nitrogen and oxygen atoms in total. The summed E-state index contributed by atoms with van der Waals surface area (Å²) in [6.07, 6.45) is -1.67. The van der Waals surface area contributed by atoms with Gasteiger partial charge in [0.15, 0.2) is 18.0 Å². The quantitative estimate of drug-likeness (QED) is 0.569. The van der Waals surface area contributed by atoms with Crippen molar-refractivity contribution in [1.29, 1.82) is 0 Å². The minimum absolute atomic E-state index is 0.216. The van der Waals surface area contributed by atoms with Crippen molar-refractivity contribution in [3.8, 4) is 0 Å². The zero-order valence-electron chi connectivity index (χ0n) is 14.8. The fourth-order valence-corrected chi connectivity index (χ4v) is 2.67. The summed E-state index contributed by atoms with van der Waals surface area (Å²) in [5, 5.41) is 0. The van der Waals surface area contributed by atoms with Crippen LogP contribution in [0.25, 0.3) is 0 Å². The topological polar surface area (TPSA) is 82.1 Å². The van der Waals surface area contributed by atoms with Crippen LogP contribution in [0.5, 0.6) is 0 Å². The van der Waals surface area contributed by atoms with Crippen molar-refractivity contribution in [2.45, 2.75) is 51.4 Å². The summed E-state index contributed by atoms with van der Waals surface area (Å²) in [6, 6.07) is 8.58. The van der Waals surface area contributed by atoms with Crippen LogP contribution in [0, 0.1) is 0 Å². The summed E-state index contributed by atoms with van der Waals surface area (Å²) in [4.78, 5) is 37.7. The van der Waals surface area contributed by atoms with Crippen molar-refractivity contribution in [2.75, 3.05) is 7.11 Å². The number of nitrogens with zero attached hydrogens (tertiary/aromatic N) is 1. The summed E-state index contributed by atoms with van der Waals surface area (Å²) in [5.41, 5.74) is 0.859. The van der Waals surface area contributed by atoms with Gasteiger partial charge in [-0.1, -0.05) is 30.3 Å². The number of hydrogen-bond donors (Lipinski definition) is 0. The third-order valence-electron chi connectivity index (χ3n) is 3.94. The number of carbonyl (C=O) groups excluding carboxylic acids is 3. The summed E-state index contributed by atoms with van der Waals surface area (Å²) in [6.45, 7) is 5.05. The molecule has 0 N–H and O–H groups in total. The van der Waals surface area contributed by atoms with Gasteiger partial charge in [0, 0.05) is 6.54 Å². The van der Waals surface area contributed by atoms with Crippen LogP contribution in [0.4, 0.5) is 0 Å². The first kappa shape index (κ1) is 19.1. The molecule has 7 heteroatoms. The van der Waals surface area contributed by atoms with Crippen LogP contribution in [-0.2, 0) is 35.1 Å². The molecular weight excluding hydrogens is 326 g/mol. The van der Waals surface area contributed by atoms with Gasteiger partial charge in [-0.25, -0.2) is 4.79 Å². The predicted molar refractivity (Wildman–Crippen MR) is 88.4 cm³/mol. The molecule has 0 radical (unpaired) electrons. The second-order valence-corrected chi connectivity index (χ2v) is 6.33. The predicted octanol–water partition coefficient (Wildman–Crippen LogP) is 1.30. The Morgan fingerprint density at radius 1 is 1.24 bits per heavy atom. The number of ether oxygens (including phenoxy) is 3. The molecule has 1 aromatic carbocycles. The lowest BCUT2D eigenvalue weighted by Crippen LogP contribution is -2.49. The van der Waals surface area contributed by atoms with Gasteiger partial charge in [0.25, 0.3) is 5.91 Å². The number of aldehydes is 1. The summed E-state index contributed by atoms with van der Waals surface area (Å²) >= 11 is 0. The molecule has 0 spiro atoms. The molecule has 0 bridgehead atoms. The van der Waals surface area contributed by atoms with Crippen molar-refractivity contribution in [3.05, 3.63) is 35.9 Å². The molecule has 1 heterocycles. The molecule has 1 aliphatic heterocycles. The molecule has 1 saturated heterocycles. The molecular formula is C18H23NO6. The maximum absolute atomic E-state index is 13.0. The number of rotatable bonds is 6. The van der Waals surface area contributed by atoms with Gasteiger partial charge in [-0.2, -0.15) is 0 Å². The van der Waals surface area contributed by atoms with Gasteiger partial charge >= 0.3 is 5.97 Å². The third-order valence-corrected chi connectivity index (χ3v) is 3.94. The van der Waals surface area contributed by atoms with Gasteiger partial charge in [-0.05, 0) is 26.3 Å².